The molecule has 0 fully saturated rings. The van der Waals surface area contributed by atoms with Crippen LogP contribution in [0.2, 0.25) is 0 Å². The molecule has 0 radical (unpaired) electrons. The van der Waals surface area contributed by atoms with Crippen LogP contribution in [-0.2, 0) is 5.60 Å². The zero-order valence-corrected chi connectivity index (χ0v) is 16.2. The minimum Gasteiger partial charge on any atom is -0.379 e. The van der Waals surface area contributed by atoms with Gasteiger partial charge in [-0.15, -0.1) is 12.4 Å². The van der Waals surface area contributed by atoms with E-state index in [2.05, 4.69) is 62.1 Å². The summed E-state index contributed by atoms with van der Waals surface area (Å²) in [4.78, 5) is 4.71. The van der Waals surface area contributed by atoms with Crippen molar-refractivity contribution in [2.45, 2.75) is 48.6 Å². The van der Waals surface area contributed by atoms with Crippen LogP contribution in [0, 0.1) is 0 Å². The molecule has 0 bridgehead atoms. The van der Waals surface area contributed by atoms with Gasteiger partial charge >= 0.3 is 0 Å². The quantitative estimate of drug-likeness (QED) is 0.814. The van der Waals surface area contributed by atoms with Crippen LogP contribution in [0.4, 0.5) is 0 Å². The zero-order chi connectivity index (χ0) is 16.4. The fourth-order valence-corrected chi connectivity index (χ4v) is 5.04. The smallest absolute Gasteiger partial charge is 0.132 e. The summed E-state index contributed by atoms with van der Waals surface area (Å²) in [5.74, 6) is 0. The van der Waals surface area contributed by atoms with Crippen molar-refractivity contribution < 1.29 is 5.11 Å². The Morgan fingerprint density at radius 1 is 0.917 bits per heavy atom. The first-order chi connectivity index (χ1) is 11.2. The molecule has 130 valence electrons. The number of nitrogens with zero attached hydrogens (tertiary/aromatic N) is 1. The predicted octanol–water partition coefficient (Wildman–Crippen LogP) is 4.93. The lowest BCUT2D eigenvalue weighted by Gasteiger charge is -2.46. The van der Waals surface area contributed by atoms with E-state index in [1.165, 1.54) is 9.79 Å². The summed E-state index contributed by atoms with van der Waals surface area (Å²) < 4.78 is 0. The van der Waals surface area contributed by atoms with E-state index in [9.17, 15) is 5.11 Å². The average molecular weight is 364 g/mol. The van der Waals surface area contributed by atoms with Gasteiger partial charge < -0.3 is 5.11 Å². The lowest BCUT2D eigenvalue weighted by atomic mass is 9.77. The fourth-order valence-electron chi connectivity index (χ4n) is 3.85. The summed E-state index contributed by atoms with van der Waals surface area (Å²) in [5, 5.41) is 12.0. The van der Waals surface area contributed by atoms with Crippen molar-refractivity contribution in [1.82, 2.24) is 4.90 Å². The zero-order valence-electron chi connectivity index (χ0n) is 14.5. The predicted molar refractivity (Wildman–Crippen MR) is 104 cm³/mol. The number of rotatable bonds is 5. The molecule has 0 amide bonds. The number of hydrogen-bond donors (Lipinski definition) is 1. The number of hydrogen-bond acceptors (Lipinski definition) is 3. The Morgan fingerprint density at radius 3 is 1.79 bits per heavy atom. The molecule has 2 nitrogen and oxygen atoms in total. The number of halogens is 1. The molecule has 1 N–H and O–H groups in total. The van der Waals surface area contributed by atoms with Crippen LogP contribution in [0.15, 0.2) is 58.3 Å². The van der Waals surface area contributed by atoms with Gasteiger partial charge in [0.25, 0.3) is 0 Å². The Morgan fingerprint density at radius 2 is 1.38 bits per heavy atom. The number of benzene rings is 2. The van der Waals surface area contributed by atoms with E-state index in [0.717, 1.165) is 30.6 Å². The van der Waals surface area contributed by atoms with Gasteiger partial charge in [0, 0.05) is 27.0 Å². The SMILES string of the molecule is CCC(N(CC)CC)C1(O)c2ccccc2Sc2ccccc21.Cl. The van der Waals surface area contributed by atoms with Gasteiger partial charge in [-0.25, -0.2) is 0 Å². The molecule has 0 saturated carbocycles. The normalized spacial score (nSPS) is 16.0. The van der Waals surface area contributed by atoms with Crippen LogP contribution in [0.25, 0.3) is 0 Å². The Kier molecular flexibility index (Phi) is 6.38. The van der Waals surface area contributed by atoms with Crippen molar-refractivity contribution in [3.05, 3.63) is 59.7 Å². The molecule has 0 spiro atoms. The van der Waals surface area contributed by atoms with Gasteiger partial charge in [-0.3, -0.25) is 4.90 Å². The lowest BCUT2D eigenvalue weighted by molar-refractivity contribution is -0.0243. The molecule has 24 heavy (non-hydrogen) atoms. The minimum absolute atomic E-state index is 0. The lowest BCUT2D eigenvalue weighted by Crippen LogP contribution is -2.52. The highest BCUT2D eigenvalue weighted by atomic mass is 35.5. The Balaban J connectivity index is 0.00000208. The Bertz CT molecular complexity index is 641. The van der Waals surface area contributed by atoms with Crippen LogP contribution < -0.4 is 0 Å². The molecule has 1 heterocycles. The number of fused-ring (bicyclic) bond motifs is 2. The third kappa shape index (κ3) is 2.99. The molecule has 2 aromatic rings. The summed E-state index contributed by atoms with van der Waals surface area (Å²) in [7, 11) is 0. The fraction of sp³-hybridized carbons (Fsp3) is 0.400. The third-order valence-electron chi connectivity index (χ3n) is 4.94. The second kappa shape index (κ2) is 7.92. The maximum atomic E-state index is 12.0. The van der Waals surface area contributed by atoms with Crippen molar-refractivity contribution in [3.63, 3.8) is 0 Å². The second-order valence-corrected chi connectivity index (χ2v) is 7.09. The molecule has 2 aromatic carbocycles. The topological polar surface area (TPSA) is 23.5 Å². The molecule has 3 rings (SSSR count). The van der Waals surface area contributed by atoms with Gasteiger partial charge in [0.1, 0.15) is 5.60 Å². The molecular weight excluding hydrogens is 338 g/mol. The highest BCUT2D eigenvalue weighted by molar-refractivity contribution is 7.99. The molecule has 1 unspecified atom stereocenters. The van der Waals surface area contributed by atoms with Crippen LogP contribution in [-0.4, -0.2) is 29.1 Å². The highest BCUT2D eigenvalue weighted by Gasteiger charge is 2.46. The molecule has 0 aromatic heterocycles. The molecule has 0 saturated heterocycles. The monoisotopic (exact) mass is 363 g/mol. The van der Waals surface area contributed by atoms with Gasteiger partial charge in [0.05, 0.1) is 0 Å². The van der Waals surface area contributed by atoms with E-state index in [1.54, 1.807) is 11.8 Å². The van der Waals surface area contributed by atoms with Gasteiger partial charge in [0.2, 0.25) is 0 Å². The molecule has 1 atom stereocenters. The van der Waals surface area contributed by atoms with Crippen LogP contribution in [0.3, 0.4) is 0 Å². The summed E-state index contributed by atoms with van der Waals surface area (Å²) in [5.41, 5.74) is 1.13. The molecule has 1 aliphatic heterocycles. The first kappa shape index (κ1) is 19.3. The maximum absolute atomic E-state index is 12.0. The first-order valence-corrected chi connectivity index (χ1v) is 9.31. The molecule has 4 heteroatoms. The minimum atomic E-state index is -0.959. The van der Waals surface area contributed by atoms with Crippen LogP contribution in [0.5, 0.6) is 0 Å². The highest BCUT2D eigenvalue weighted by Crippen LogP contribution is 2.50. The molecule has 1 aliphatic rings. The largest absolute Gasteiger partial charge is 0.379 e. The van der Waals surface area contributed by atoms with Crippen molar-refractivity contribution in [2.75, 3.05) is 13.1 Å². The van der Waals surface area contributed by atoms with Crippen molar-refractivity contribution in [2.24, 2.45) is 0 Å². The van der Waals surface area contributed by atoms with Gasteiger partial charge in [-0.1, -0.05) is 68.9 Å². The van der Waals surface area contributed by atoms with Crippen molar-refractivity contribution >= 4 is 24.2 Å². The van der Waals surface area contributed by atoms with Gasteiger partial charge in [-0.2, -0.15) is 0 Å². The van der Waals surface area contributed by atoms with E-state index in [4.69, 9.17) is 0 Å². The summed E-state index contributed by atoms with van der Waals surface area (Å²) in [6.07, 6.45) is 0.908. The Hall–Kier alpha value is -1.00. The van der Waals surface area contributed by atoms with Gasteiger partial charge in [0.15, 0.2) is 0 Å². The summed E-state index contributed by atoms with van der Waals surface area (Å²) >= 11 is 1.76. The average Bonchev–Trinajstić information content (AvgIpc) is 2.59. The van der Waals surface area contributed by atoms with E-state index >= 15 is 0 Å². The summed E-state index contributed by atoms with van der Waals surface area (Å²) in [6, 6.07) is 16.7. The molecular formula is C20H26ClNOS. The third-order valence-corrected chi connectivity index (χ3v) is 6.09. The van der Waals surface area contributed by atoms with E-state index in [0.29, 0.717) is 0 Å². The van der Waals surface area contributed by atoms with E-state index < -0.39 is 5.60 Å². The first-order valence-electron chi connectivity index (χ1n) is 8.50. The van der Waals surface area contributed by atoms with Crippen molar-refractivity contribution in [3.8, 4) is 0 Å². The summed E-state index contributed by atoms with van der Waals surface area (Å²) in [6.45, 7) is 8.40. The van der Waals surface area contributed by atoms with Crippen LogP contribution >= 0.6 is 24.2 Å². The van der Waals surface area contributed by atoms with E-state index in [-0.39, 0.29) is 18.4 Å². The van der Waals surface area contributed by atoms with E-state index in [1.807, 2.05) is 12.1 Å². The second-order valence-electron chi connectivity index (χ2n) is 6.01. The molecule has 0 aliphatic carbocycles. The number of aliphatic hydroxyl groups is 1. The number of likely N-dealkylation sites (N-methyl/N-ethyl adjacent to an activating group) is 1. The standard InChI is InChI=1S/C20H25NOS.ClH/c1-4-19(21(5-2)6-3)20(22)15-11-7-9-13-17(15)23-18-14-10-8-12-16(18)20;/h7-14,19,22H,4-6H2,1-3H3;1H. The Labute approximate surface area is 155 Å². The van der Waals surface area contributed by atoms with Crippen molar-refractivity contribution in [1.29, 1.82) is 0 Å². The van der Waals surface area contributed by atoms with Gasteiger partial charge in [-0.05, 0) is 31.6 Å². The maximum Gasteiger partial charge on any atom is 0.132 e. The van der Waals surface area contributed by atoms with Crippen LogP contribution in [0.1, 0.15) is 38.3 Å².